The molecule has 2 heterocycles. The first-order valence-electron chi connectivity index (χ1n) is 5.95. The Bertz CT molecular complexity index is 487. The zero-order valence-electron chi connectivity index (χ0n) is 10.6. The molecule has 1 aromatic heterocycles. The molecule has 18 heavy (non-hydrogen) atoms. The van der Waals surface area contributed by atoms with Crippen LogP contribution < -0.4 is 5.32 Å². The van der Waals surface area contributed by atoms with Crippen molar-refractivity contribution in [2.24, 2.45) is 0 Å². The average molecular weight is 248 g/mol. The zero-order chi connectivity index (χ0) is 13.1. The summed E-state index contributed by atoms with van der Waals surface area (Å²) in [4.78, 5) is 25.3. The molecule has 1 aromatic rings. The van der Waals surface area contributed by atoms with Crippen molar-refractivity contribution >= 4 is 11.8 Å². The molecule has 0 spiro atoms. The number of carbonyl (C=O) groups excluding carboxylic acids is 2. The molecule has 1 fully saturated rings. The van der Waals surface area contributed by atoms with Crippen molar-refractivity contribution in [1.82, 2.24) is 20.4 Å². The van der Waals surface area contributed by atoms with Crippen LogP contribution in [0.1, 0.15) is 28.2 Å². The van der Waals surface area contributed by atoms with Crippen LogP contribution in [-0.4, -0.2) is 46.5 Å². The van der Waals surface area contributed by atoms with Crippen LogP contribution in [0.25, 0.3) is 0 Å². The number of aromatic nitrogens is 2. The molecule has 1 N–H and O–H groups in total. The Balaban J connectivity index is 2.19. The van der Waals surface area contributed by atoms with E-state index in [0.717, 1.165) is 0 Å². The molecule has 0 aromatic carbocycles. The summed E-state index contributed by atoms with van der Waals surface area (Å²) in [6.45, 7) is 5.05. The summed E-state index contributed by atoms with van der Waals surface area (Å²) in [5.74, 6) is -0.0898. The maximum Gasteiger partial charge on any atom is 0.255 e. The van der Waals surface area contributed by atoms with E-state index in [2.05, 4.69) is 15.5 Å². The average Bonchev–Trinajstić information content (AvgIpc) is 2.56. The van der Waals surface area contributed by atoms with E-state index in [9.17, 15) is 9.59 Å². The van der Waals surface area contributed by atoms with Gasteiger partial charge in [-0.2, -0.15) is 10.2 Å². The second kappa shape index (κ2) is 5.12. The second-order valence-corrected chi connectivity index (χ2v) is 4.38. The molecule has 0 saturated carbocycles. The molecule has 1 aliphatic rings. The van der Waals surface area contributed by atoms with Crippen LogP contribution in [0.15, 0.2) is 6.07 Å². The van der Waals surface area contributed by atoms with Gasteiger partial charge < -0.3 is 10.2 Å². The molecule has 0 bridgehead atoms. The molecule has 1 saturated heterocycles. The summed E-state index contributed by atoms with van der Waals surface area (Å²) in [5.41, 5.74) is 1.90. The van der Waals surface area contributed by atoms with Crippen LogP contribution in [0.3, 0.4) is 0 Å². The number of rotatable bonds is 1. The van der Waals surface area contributed by atoms with Crippen molar-refractivity contribution in [3.05, 3.63) is 23.0 Å². The number of hydrogen-bond acceptors (Lipinski definition) is 4. The number of nitrogens with one attached hydrogen (secondary N) is 1. The molecular weight excluding hydrogens is 232 g/mol. The number of carbonyl (C=O) groups is 2. The third-order valence-electron chi connectivity index (χ3n) is 2.93. The quantitative estimate of drug-likeness (QED) is 0.762. The van der Waals surface area contributed by atoms with E-state index in [1.54, 1.807) is 24.8 Å². The van der Waals surface area contributed by atoms with Crippen molar-refractivity contribution in [2.75, 3.05) is 19.6 Å². The molecule has 6 nitrogen and oxygen atoms in total. The zero-order valence-corrected chi connectivity index (χ0v) is 10.6. The van der Waals surface area contributed by atoms with Crippen LogP contribution in [-0.2, 0) is 4.79 Å². The Labute approximate surface area is 105 Å². The molecular formula is C12H16N4O2. The highest BCUT2D eigenvalue weighted by molar-refractivity contribution is 5.95. The van der Waals surface area contributed by atoms with E-state index in [4.69, 9.17) is 0 Å². The summed E-state index contributed by atoms with van der Waals surface area (Å²) in [7, 11) is 0. The van der Waals surface area contributed by atoms with Crippen molar-refractivity contribution < 1.29 is 9.59 Å². The van der Waals surface area contributed by atoms with Crippen molar-refractivity contribution in [2.45, 2.75) is 20.3 Å². The summed E-state index contributed by atoms with van der Waals surface area (Å²) in [6, 6.07) is 1.74. The smallest absolute Gasteiger partial charge is 0.255 e. The highest BCUT2D eigenvalue weighted by atomic mass is 16.2. The van der Waals surface area contributed by atoms with E-state index in [-0.39, 0.29) is 11.8 Å². The fourth-order valence-corrected chi connectivity index (χ4v) is 1.91. The maximum atomic E-state index is 12.4. The lowest BCUT2D eigenvalue weighted by Crippen LogP contribution is -2.34. The molecule has 6 heteroatoms. The molecule has 0 aliphatic carbocycles. The highest BCUT2D eigenvalue weighted by Crippen LogP contribution is 2.10. The Morgan fingerprint density at radius 1 is 1.33 bits per heavy atom. The SMILES string of the molecule is Cc1cc(C(=O)N2CCNC(=O)CC2)c(C)nn1. The number of nitrogens with zero attached hydrogens (tertiary/aromatic N) is 3. The van der Waals surface area contributed by atoms with Crippen LogP contribution in [0.5, 0.6) is 0 Å². The van der Waals surface area contributed by atoms with Gasteiger partial charge in [-0.1, -0.05) is 0 Å². The Kier molecular flexibility index (Phi) is 3.55. The Morgan fingerprint density at radius 3 is 2.89 bits per heavy atom. The fourth-order valence-electron chi connectivity index (χ4n) is 1.91. The van der Waals surface area contributed by atoms with Crippen LogP contribution in [0.2, 0.25) is 0 Å². The van der Waals surface area contributed by atoms with Gasteiger partial charge in [0.15, 0.2) is 0 Å². The lowest BCUT2D eigenvalue weighted by molar-refractivity contribution is -0.120. The van der Waals surface area contributed by atoms with E-state index < -0.39 is 0 Å². The van der Waals surface area contributed by atoms with Crippen molar-refractivity contribution in [1.29, 1.82) is 0 Å². The fraction of sp³-hybridized carbons (Fsp3) is 0.500. The van der Waals surface area contributed by atoms with E-state index >= 15 is 0 Å². The van der Waals surface area contributed by atoms with Crippen molar-refractivity contribution in [3.8, 4) is 0 Å². The highest BCUT2D eigenvalue weighted by Gasteiger charge is 2.21. The normalized spacial score (nSPS) is 16.1. The van der Waals surface area contributed by atoms with Gasteiger partial charge in [-0.05, 0) is 19.9 Å². The minimum Gasteiger partial charge on any atom is -0.354 e. The van der Waals surface area contributed by atoms with Crippen LogP contribution in [0.4, 0.5) is 0 Å². The molecule has 0 atom stereocenters. The van der Waals surface area contributed by atoms with Gasteiger partial charge in [0.05, 0.1) is 17.0 Å². The van der Waals surface area contributed by atoms with E-state index in [1.807, 2.05) is 0 Å². The van der Waals surface area contributed by atoms with Gasteiger partial charge in [0.2, 0.25) is 5.91 Å². The summed E-state index contributed by atoms with van der Waals surface area (Å²) >= 11 is 0. The van der Waals surface area contributed by atoms with E-state index in [1.165, 1.54) is 0 Å². The summed E-state index contributed by atoms with van der Waals surface area (Å²) in [6.07, 6.45) is 0.349. The molecule has 0 radical (unpaired) electrons. The topological polar surface area (TPSA) is 75.2 Å². The predicted molar refractivity (Wildman–Crippen MR) is 65.0 cm³/mol. The standard InChI is InChI=1S/C12H16N4O2/c1-8-7-10(9(2)15-14-8)12(18)16-5-3-11(17)13-4-6-16/h7H,3-6H2,1-2H3,(H,13,17). The third kappa shape index (κ3) is 2.64. The largest absolute Gasteiger partial charge is 0.354 e. The maximum absolute atomic E-state index is 12.4. The first-order chi connectivity index (χ1) is 8.58. The van der Waals surface area contributed by atoms with Crippen molar-refractivity contribution in [3.63, 3.8) is 0 Å². The Morgan fingerprint density at radius 2 is 2.11 bits per heavy atom. The number of hydrogen-bond donors (Lipinski definition) is 1. The summed E-state index contributed by atoms with van der Waals surface area (Å²) in [5, 5.41) is 10.6. The van der Waals surface area contributed by atoms with Gasteiger partial charge in [0.1, 0.15) is 0 Å². The molecule has 0 unspecified atom stereocenters. The minimum absolute atomic E-state index is 0.00828. The first kappa shape index (κ1) is 12.5. The third-order valence-corrected chi connectivity index (χ3v) is 2.93. The van der Waals surface area contributed by atoms with Crippen LogP contribution in [0, 0.1) is 13.8 Å². The van der Waals surface area contributed by atoms with Gasteiger partial charge in [-0.15, -0.1) is 0 Å². The molecule has 1 aliphatic heterocycles. The molecule has 96 valence electrons. The Hall–Kier alpha value is -1.98. The van der Waals surface area contributed by atoms with Gasteiger partial charge >= 0.3 is 0 Å². The summed E-state index contributed by atoms with van der Waals surface area (Å²) < 4.78 is 0. The van der Waals surface area contributed by atoms with Gasteiger partial charge in [0, 0.05) is 26.1 Å². The van der Waals surface area contributed by atoms with Gasteiger partial charge in [-0.25, -0.2) is 0 Å². The first-order valence-corrected chi connectivity index (χ1v) is 5.95. The number of aryl methyl sites for hydroxylation is 2. The van der Waals surface area contributed by atoms with Gasteiger partial charge in [-0.3, -0.25) is 9.59 Å². The lowest BCUT2D eigenvalue weighted by atomic mass is 10.1. The van der Waals surface area contributed by atoms with E-state index in [0.29, 0.717) is 43.0 Å². The second-order valence-electron chi connectivity index (χ2n) is 4.38. The van der Waals surface area contributed by atoms with Crippen LogP contribution >= 0.6 is 0 Å². The number of amides is 2. The van der Waals surface area contributed by atoms with Gasteiger partial charge in [0.25, 0.3) is 5.91 Å². The lowest BCUT2D eigenvalue weighted by Gasteiger charge is -2.20. The molecule has 2 rings (SSSR count). The molecule has 2 amide bonds. The monoisotopic (exact) mass is 248 g/mol. The minimum atomic E-state index is -0.0815. The predicted octanol–water partition coefficient (Wildman–Crippen LogP) is 0.0555.